The van der Waals surface area contributed by atoms with Gasteiger partial charge >= 0.3 is 0 Å². The first-order valence-electron chi connectivity index (χ1n) is 3.29. The van der Waals surface area contributed by atoms with Gasteiger partial charge in [-0.15, -0.1) is 0 Å². The summed E-state index contributed by atoms with van der Waals surface area (Å²) in [6.07, 6.45) is 7.68. The number of fused-ring (bicyclic) bond motifs is 1. The molecule has 0 radical (unpaired) electrons. The number of nitrogens with one attached hydrogen (secondary N) is 1. The SMILES string of the molecule is C1=Cc2cnccc2CN1. The van der Waals surface area contributed by atoms with Crippen LogP contribution in [0.25, 0.3) is 6.08 Å². The molecule has 1 aromatic heterocycles. The average Bonchev–Trinajstić information content (AvgIpc) is 2.05. The van der Waals surface area contributed by atoms with Crippen molar-refractivity contribution in [1.29, 1.82) is 0 Å². The van der Waals surface area contributed by atoms with Gasteiger partial charge in [0.25, 0.3) is 0 Å². The van der Waals surface area contributed by atoms with Crippen LogP contribution in [0.5, 0.6) is 0 Å². The second-order valence-electron chi connectivity index (χ2n) is 2.29. The van der Waals surface area contributed by atoms with Gasteiger partial charge < -0.3 is 5.32 Å². The lowest BCUT2D eigenvalue weighted by molar-refractivity contribution is 0.855. The predicted octanol–water partition coefficient (Wildman–Crippen LogP) is 1.16. The predicted molar refractivity (Wildman–Crippen MR) is 40.1 cm³/mol. The first-order chi connectivity index (χ1) is 4.97. The maximum Gasteiger partial charge on any atom is 0.0402 e. The molecule has 0 aromatic carbocycles. The lowest BCUT2D eigenvalue weighted by Crippen LogP contribution is -2.09. The first-order valence-corrected chi connectivity index (χ1v) is 3.29. The van der Waals surface area contributed by atoms with Gasteiger partial charge in [0.05, 0.1) is 0 Å². The van der Waals surface area contributed by atoms with Crippen molar-refractivity contribution in [3.63, 3.8) is 0 Å². The fourth-order valence-electron chi connectivity index (χ4n) is 1.06. The molecule has 0 amide bonds. The van der Waals surface area contributed by atoms with Crippen molar-refractivity contribution >= 4 is 6.08 Å². The zero-order valence-corrected chi connectivity index (χ0v) is 5.54. The highest BCUT2D eigenvalue weighted by Crippen LogP contribution is 2.11. The van der Waals surface area contributed by atoms with Gasteiger partial charge in [0.2, 0.25) is 0 Å². The number of hydrogen-bond acceptors (Lipinski definition) is 2. The molecule has 0 saturated heterocycles. The lowest BCUT2D eigenvalue weighted by atomic mass is 10.1. The standard InChI is InChI=1S/C8H8N2/c1-3-9-6-8-2-4-10-5-7(1)8/h1-5,9H,6H2. The molecule has 0 fully saturated rings. The Kier molecular flexibility index (Phi) is 1.17. The van der Waals surface area contributed by atoms with E-state index in [-0.39, 0.29) is 0 Å². The summed E-state index contributed by atoms with van der Waals surface area (Å²) in [4.78, 5) is 4.02. The number of aromatic nitrogens is 1. The molecule has 0 unspecified atom stereocenters. The molecule has 1 aliphatic rings. The highest BCUT2D eigenvalue weighted by Gasteiger charge is 2.00. The summed E-state index contributed by atoms with van der Waals surface area (Å²) >= 11 is 0. The van der Waals surface area contributed by atoms with Crippen LogP contribution in [0.15, 0.2) is 24.7 Å². The van der Waals surface area contributed by atoms with Crippen LogP contribution in [0.1, 0.15) is 11.1 Å². The molecule has 50 valence electrons. The van der Waals surface area contributed by atoms with Crippen molar-refractivity contribution in [3.8, 4) is 0 Å². The minimum absolute atomic E-state index is 0.925. The van der Waals surface area contributed by atoms with E-state index in [9.17, 15) is 0 Å². The highest BCUT2D eigenvalue weighted by molar-refractivity contribution is 5.53. The molecular weight excluding hydrogens is 124 g/mol. The molecule has 0 saturated carbocycles. The third-order valence-electron chi connectivity index (χ3n) is 1.62. The van der Waals surface area contributed by atoms with Gasteiger partial charge in [0.1, 0.15) is 0 Å². The summed E-state index contributed by atoms with van der Waals surface area (Å²) in [5, 5.41) is 3.13. The Morgan fingerprint density at radius 3 is 3.40 bits per heavy atom. The molecule has 0 aliphatic carbocycles. The van der Waals surface area contributed by atoms with Crippen LogP contribution in [-0.4, -0.2) is 4.98 Å². The Bertz CT molecular complexity index is 266. The fraction of sp³-hybridized carbons (Fsp3) is 0.125. The first kappa shape index (κ1) is 5.47. The summed E-state index contributed by atoms with van der Waals surface area (Å²) in [6.45, 7) is 0.925. The minimum Gasteiger partial charge on any atom is -0.387 e. The van der Waals surface area contributed by atoms with Crippen LogP contribution in [0, 0.1) is 0 Å². The van der Waals surface area contributed by atoms with Crippen molar-refractivity contribution in [2.45, 2.75) is 6.54 Å². The Morgan fingerprint density at radius 2 is 2.50 bits per heavy atom. The van der Waals surface area contributed by atoms with E-state index >= 15 is 0 Å². The van der Waals surface area contributed by atoms with Crippen molar-refractivity contribution < 1.29 is 0 Å². The van der Waals surface area contributed by atoms with Crippen molar-refractivity contribution in [2.24, 2.45) is 0 Å². The van der Waals surface area contributed by atoms with Gasteiger partial charge in [-0.3, -0.25) is 4.98 Å². The summed E-state index contributed by atoms with van der Waals surface area (Å²) < 4.78 is 0. The molecule has 0 spiro atoms. The van der Waals surface area contributed by atoms with Crippen LogP contribution in [0.3, 0.4) is 0 Å². The third kappa shape index (κ3) is 0.778. The van der Waals surface area contributed by atoms with Crippen LogP contribution < -0.4 is 5.32 Å². The lowest BCUT2D eigenvalue weighted by Gasteiger charge is -2.09. The van der Waals surface area contributed by atoms with Gasteiger partial charge in [-0.2, -0.15) is 0 Å². The third-order valence-corrected chi connectivity index (χ3v) is 1.62. The minimum atomic E-state index is 0.925. The quantitative estimate of drug-likeness (QED) is 0.573. The second kappa shape index (κ2) is 2.14. The summed E-state index contributed by atoms with van der Waals surface area (Å²) in [5.41, 5.74) is 2.54. The van der Waals surface area contributed by atoms with Crippen LogP contribution in [-0.2, 0) is 6.54 Å². The van der Waals surface area contributed by atoms with Crippen molar-refractivity contribution in [1.82, 2.24) is 10.3 Å². The summed E-state index contributed by atoms with van der Waals surface area (Å²) in [6, 6.07) is 2.03. The second-order valence-corrected chi connectivity index (χ2v) is 2.29. The van der Waals surface area contributed by atoms with Crippen LogP contribution >= 0.6 is 0 Å². The van der Waals surface area contributed by atoms with E-state index in [1.54, 1.807) is 0 Å². The van der Waals surface area contributed by atoms with Crippen molar-refractivity contribution in [3.05, 3.63) is 35.8 Å². The largest absolute Gasteiger partial charge is 0.387 e. The van der Waals surface area contributed by atoms with Gasteiger partial charge in [-0.1, -0.05) is 0 Å². The Balaban J connectivity index is 2.54. The summed E-state index contributed by atoms with van der Waals surface area (Å²) in [5.74, 6) is 0. The van der Waals surface area contributed by atoms with Gasteiger partial charge in [0, 0.05) is 18.9 Å². The molecule has 0 bridgehead atoms. The van der Waals surface area contributed by atoms with E-state index in [0.717, 1.165) is 6.54 Å². The average molecular weight is 132 g/mol. The van der Waals surface area contributed by atoms with E-state index in [2.05, 4.69) is 10.3 Å². The zero-order chi connectivity index (χ0) is 6.81. The molecule has 1 aliphatic heterocycles. The van der Waals surface area contributed by atoms with E-state index in [4.69, 9.17) is 0 Å². The van der Waals surface area contributed by atoms with Gasteiger partial charge in [-0.05, 0) is 29.5 Å². The molecule has 0 atom stereocenters. The molecule has 10 heavy (non-hydrogen) atoms. The Labute approximate surface area is 59.6 Å². The molecule has 2 heteroatoms. The Morgan fingerprint density at radius 1 is 1.50 bits per heavy atom. The van der Waals surface area contributed by atoms with Crippen LogP contribution in [0.4, 0.5) is 0 Å². The van der Waals surface area contributed by atoms with Gasteiger partial charge in [-0.25, -0.2) is 0 Å². The van der Waals surface area contributed by atoms with E-state index < -0.39 is 0 Å². The molecule has 1 N–H and O–H groups in total. The normalized spacial score (nSPS) is 14.0. The van der Waals surface area contributed by atoms with E-state index in [1.165, 1.54) is 11.1 Å². The smallest absolute Gasteiger partial charge is 0.0402 e. The van der Waals surface area contributed by atoms with Crippen LogP contribution in [0.2, 0.25) is 0 Å². The summed E-state index contributed by atoms with van der Waals surface area (Å²) in [7, 11) is 0. The molecule has 1 aromatic rings. The maximum absolute atomic E-state index is 4.02. The molecule has 2 rings (SSSR count). The van der Waals surface area contributed by atoms with E-state index in [1.807, 2.05) is 30.7 Å². The van der Waals surface area contributed by atoms with Crippen molar-refractivity contribution in [2.75, 3.05) is 0 Å². The maximum atomic E-state index is 4.02. The van der Waals surface area contributed by atoms with E-state index in [0.29, 0.717) is 0 Å². The molecular formula is C8H8N2. The number of hydrogen-bond donors (Lipinski definition) is 1. The highest BCUT2D eigenvalue weighted by atomic mass is 14.8. The monoisotopic (exact) mass is 132 g/mol. The topological polar surface area (TPSA) is 24.9 Å². The fourth-order valence-corrected chi connectivity index (χ4v) is 1.06. The number of nitrogens with zero attached hydrogens (tertiary/aromatic N) is 1. The molecule has 2 heterocycles. The van der Waals surface area contributed by atoms with Gasteiger partial charge in [0.15, 0.2) is 0 Å². The molecule has 2 nitrogen and oxygen atoms in total. The number of pyridine rings is 1. The zero-order valence-electron chi connectivity index (χ0n) is 5.54. The number of rotatable bonds is 0. The Hall–Kier alpha value is -1.31.